The summed E-state index contributed by atoms with van der Waals surface area (Å²) in [6.45, 7) is 1.06. The normalized spacial score (nSPS) is 15.1. The second-order valence-corrected chi connectivity index (χ2v) is 7.02. The van der Waals surface area contributed by atoms with Crippen LogP contribution in [-0.2, 0) is 22.7 Å². The van der Waals surface area contributed by atoms with Crippen LogP contribution in [0.25, 0.3) is 0 Å². The summed E-state index contributed by atoms with van der Waals surface area (Å²) >= 11 is 0. The van der Waals surface area contributed by atoms with Gasteiger partial charge in [-0.3, -0.25) is 0 Å². The maximum absolute atomic E-state index is 11.0. The van der Waals surface area contributed by atoms with E-state index in [1.54, 1.807) is 0 Å². The van der Waals surface area contributed by atoms with E-state index < -0.39 is 9.84 Å². The van der Waals surface area contributed by atoms with Crippen molar-refractivity contribution in [2.24, 2.45) is 0 Å². The van der Waals surface area contributed by atoms with Gasteiger partial charge in [-0.15, -0.1) is 0 Å². The van der Waals surface area contributed by atoms with Crippen LogP contribution in [0.2, 0.25) is 0 Å². The van der Waals surface area contributed by atoms with Crippen molar-refractivity contribution in [1.29, 1.82) is 0 Å². The fourth-order valence-electron chi connectivity index (χ4n) is 2.22. The van der Waals surface area contributed by atoms with Gasteiger partial charge < -0.3 is 5.32 Å². The van der Waals surface area contributed by atoms with E-state index in [0.717, 1.165) is 19.4 Å². The molecule has 2 rings (SSSR count). The third-order valence-electron chi connectivity index (χ3n) is 3.09. The number of nitrogens with one attached hydrogen (secondary N) is 1. The molecule has 0 fully saturated rings. The van der Waals surface area contributed by atoms with Crippen LogP contribution in [0.15, 0.2) is 18.2 Å². The number of hydrogen-bond acceptors (Lipinski definition) is 3. The lowest BCUT2D eigenvalue weighted by Crippen LogP contribution is -2.12. The first-order chi connectivity index (χ1) is 8.04. The number of hydrogen-bond donors (Lipinski definition) is 1. The molecule has 0 atom stereocenters. The minimum Gasteiger partial charge on any atom is -0.385 e. The van der Waals surface area contributed by atoms with Crippen molar-refractivity contribution in [1.82, 2.24) is 0 Å². The van der Waals surface area contributed by atoms with Crippen LogP contribution >= 0.6 is 0 Å². The van der Waals surface area contributed by atoms with E-state index in [1.807, 2.05) is 0 Å². The molecule has 3 nitrogen and oxygen atoms in total. The Kier molecular flexibility index (Phi) is 3.72. The van der Waals surface area contributed by atoms with Gasteiger partial charge in [0.25, 0.3) is 0 Å². The molecular formula is C13H19NO2S. The molecule has 0 unspecified atom stereocenters. The second-order valence-electron chi connectivity index (χ2n) is 4.76. The van der Waals surface area contributed by atoms with Gasteiger partial charge in [-0.05, 0) is 42.9 Å². The molecule has 1 aliphatic rings. The van der Waals surface area contributed by atoms with Gasteiger partial charge in [-0.25, -0.2) is 8.42 Å². The quantitative estimate of drug-likeness (QED) is 0.893. The van der Waals surface area contributed by atoms with E-state index in [0.29, 0.717) is 6.42 Å². The van der Waals surface area contributed by atoms with Gasteiger partial charge in [0.15, 0.2) is 0 Å². The average Bonchev–Trinajstić information content (AvgIpc) is 2.27. The van der Waals surface area contributed by atoms with Crippen LogP contribution < -0.4 is 5.32 Å². The zero-order chi connectivity index (χ0) is 12.3. The molecule has 1 aromatic rings. The molecule has 0 aliphatic carbocycles. The molecule has 0 saturated carbocycles. The Labute approximate surface area is 103 Å². The Bertz CT molecular complexity index is 494. The maximum Gasteiger partial charge on any atom is 0.147 e. The number of sulfone groups is 1. The van der Waals surface area contributed by atoms with Crippen LogP contribution in [0.3, 0.4) is 0 Å². The first-order valence-corrected chi connectivity index (χ1v) is 8.14. The largest absolute Gasteiger partial charge is 0.385 e. The highest BCUT2D eigenvalue weighted by Gasteiger charge is 2.09. The highest BCUT2D eigenvalue weighted by Crippen LogP contribution is 2.23. The number of fused-ring (bicyclic) bond motifs is 1. The second kappa shape index (κ2) is 5.08. The highest BCUT2D eigenvalue weighted by atomic mass is 32.2. The Morgan fingerprint density at radius 1 is 1.35 bits per heavy atom. The SMILES string of the molecule is CS(=O)(=O)CCCc1ccc2c(c1)CCCN2. The molecule has 1 aromatic carbocycles. The predicted molar refractivity (Wildman–Crippen MR) is 71.3 cm³/mol. The Morgan fingerprint density at radius 3 is 2.94 bits per heavy atom. The first-order valence-electron chi connectivity index (χ1n) is 6.08. The van der Waals surface area contributed by atoms with Crippen LogP contribution in [0.1, 0.15) is 24.0 Å². The lowest BCUT2D eigenvalue weighted by molar-refractivity contribution is 0.599. The smallest absolute Gasteiger partial charge is 0.147 e. The van der Waals surface area contributed by atoms with Crippen molar-refractivity contribution in [3.63, 3.8) is 0 Å². The molecule has 0 radical (unpaired) electrons. The molecule has 0 aromatic heterocycles. The summed E-state index contributed by atoms with van der Waals surface area (Å²) in [6.07, 6.45) is 5.16. The number of benzene rings is 1. The Hall–Kier alpha value is -1.03. The van der Waals surface area contributed by atoms with E-state index in [9.17, 15) is 8.42 Å². The van der Waals surface area contributed by atoms with E-state index in [-0.39, 0.29) is 5.75 Å². The van der Waals surface area contributed by atoms with Crippen LogP contribution in [-0.4, -0.2) is 27.0 Å². The fourth-order valence-corrected chi connectivity index (χ4v) is 2.89. The lowest BCUT2D eigenvalue weighted by atomic mass is 9.99. The number of aryl methyl sites for hydroxylation is 2. The van der Waals surface area contributed by atoms with Crippen molar-refractivity contribution in [3.05, 3.63) is 29.3 Å². The molecule has 17 heavy (non-hydrogen) atoms. The molecule has 0 amide bonds. The molecule has 94 valence electrons. The van der Waals surface area contributed by atoms with E-state index in [4.69, 9.17) is 0 Å². The molecule has 1 aliphatic heterocycles. The van der Waals surface area contributed by atoms with E-state index >= 15 is 0 Å². The van der Waals surface area contributed by atoms with Gasteiger partial charge in [0.1, 0.15) is 9.84 Å². The lowest BCUT2D eigenvalue weighted by Gasteiger charge is -2.18. The Balaban J connectivity index is 1.98. The summed E-state index contributed by atoms with van der Waals surface area (Å²) in [4.78, 5) is 0. The molecule has 0 bridgehead atoms. The van der Waals surface area contributed by atoms with Gasteiger partial charge in [-0.2, -0.15) is 0 Å². The molecule has 1 heterocycles. The molecule has 1 N–H and O–H groups in total. The summed E-state index contributed by atoms with van der Waals surface area (Å²) in [5, 5.41) is 3.37. The minimum absolute atomic E-state index is 0.280. The zero-order valence-electron chi connectivity index (χ0n) is 10.2. The van der Waals surface area contributed by atoms with Gasteiger partial charge in [-0.1, -0.05) is 12.1 Å². The van der Waals surface area contributed by atoms with Crippen molar-refractivity contribution in [2.45, 2.75) is 25.7 Å². The minimum atomic E-state index is -2.82. The third-order valence-corrected chi connectivity index (χ3v) is 4.12. The van der Waals surface area contributed by atoms with Gasteiger partial charge in [0.05, 0.1) is 5.75 Å². The van der Waals surface area contributed by atoms with Crippen LogP contribution in [0.5, 0.6) is 0 Å². The summed E-state index contributed by atoms with van der Waals surface area (Å²) in [5.74, 6) is 0.280. The van der Waals surface area contributed by atoms with Gasteiger partial charge >= 0.3 is 0 Å². The summed E-state index contributed by atoms with van der Waals surface area (Å²) in [7, 11) is -2.82. The van der Waals surface area contributed by atoms with Gasteiger partial charge in [0.2, 0.25) is 0 Å². The van der Waals surface area contributed by atoms with Crippen LogP contribution in [0, 0.1) is 0 Å². The molecule has 4 heteroatoms. The van der Waals surface area contributed by atoms with Crippen molar-refractivity contribution in [2.75, 3.05) is 23.9 Å². The summed E-state index contributed by atoms with van der Waals surface area (Å²) < 4.78 is 22.1. The third kappa shape index (κ3) is 3.73. The maximum atomic E-state index is 11.0. The zero-order valence-corrected chi connectivity index (χ0v) is 11.0. The number of rotatable bonds is 4. The molecular weight excluding hydrogens is 234 g/mol. The van der Waals surface area contributed by atoms with Crippen molar-refractivity contribution in [3.8, 4) is 0 Å². The molecule has 0 saturated heterocycles. The van der Waals surface area contributed by atoms with Gasteiger partial charge in [0, 0.05) is 18.5 Å². The highest BCUT2D eigenvalue weighted by molar-refractivity contribution is 7.90. The fraction of sp³-hybridized carbons (Fsp3) is 0.538. The summed E-state index contributed by atoms with van der Waals surface area (Å²) in [6, 6.07) is 6.42. The van der Waals surface area contributed by atoms with Crippen molar-refractivity contribution < 1.29 is 8.42 Å². The topological polar surface area (TPSA) is 46.2 Å². The molecule has 0 spiro atoms. The average molecular weight is 253 g/mol. The van der Waals surface area contributed by atoms with E-state index in [2.05, 4.69) is 23.5 Å². The first kappa shape index (κ1) is 12.4. The van der Waals surface area contributed by atoms with Crippen molar-refractivity contribution >= 4 is 15.5 Å². The van der Waals surface area contributed by atoms with Crippen LogP contribution in [0.4, 0.5) is 5.69 Å². The monoisotopic (exact) mass is 253 g/mol. The summed E-state index contributed by atoms with van der Waals surface area (Å²) in [5.41, 5.74) is 3.85. The standard InChI is InChI=1S/C13H19NO2S/c1-17(15,16)9-3-4-11-6-7-13-12(10-11)5-2-8-14-13/h6-7,10,14H,2-5,8-9H2,1H3. The number of anilines is 1. The Morgan fingerprint density at radius 2 is 2.18 bits per heavy atom. The van der Waals surface area contributed by atoms with E-state index in [1.165, 1.54) is 29.5 Å². The predicted octanol–water partition coefficient (Wildman–Crippen LogP) is 2.02.